The van der Waals surface area contributed by atoms with Crippen LogP contribution in [0.2, 0.25) is 0 Å². The van der Waals surface area contributed by atoms with E-state index < -0.39 is 11.4 Å². The Bertz CT molecular complexity index is 515. The van der Waals surface area contributed by atoms with Crippen molar-refractivity contribution < 1.29 is 14.7 Å². The molecule has 1 amide bonds. The normalized spacial score (nSPS) is 22.2. The van der Waals surface area contributed by atoms with Gasteiger partial charge >= 0.3 is 5.97 Å². The van der Waals surface area contributed by atoms with Crippen molar-refractivity contribution in [2.45, 2.75) is 32.9 Å². The summed E-state index contributed by atoms with van der Waals surface area (Å²) in [6.45, 7) is 2.91. The average molecular weight is 281 g/mol. The summed E-state index contributed by atoms with van der Waals surface area (Å²) in [7, 11) is 0. The largest absolute Gasteiger partial charge is 0.481 e. The number of nitrogens with zero attached hydrogens (tertiary/aromatic N) is 4. The standard InChI is InChI=1S/C12H19N5O3/c1-2-12(11(19)20)3-4-16(8-12)10(18)7-17-6-9(5-13)14-15-17/h6H,2-5,7-8,13H2,1H3,(H,19,20). The zero-order chi connectivity index (χ0) is 14.8. The zero-order valence-corrected chi connectivity index (χ0v) is 11.4. The van der Waals surface area contributed by atoms with Crippen molar-refractivity contribution in [2.75, 3.05) is 13.1 Å². The molecule has 1 aromatic rings. The van der Waals surface area contributed by atoms with Gasteiger partial charge in [0.05, 0.1) is 17.3 Å². The monoisotopic (exact) mass is 281 g/mol. The van der Waals surface area contributed by atoms with E-state index in [1.807, 2.05) is 6.92 Å². The van der Waals surface area contributed by atoms with Crippen molar-refractivity contribution in [3.63, 3.8) is 0 Å². The van der Waals surface area contributed by atoms with E-state index in [0.29, 0.717) is 25.1 Å². The Morgan fingerprint density at radius 1 is 1.55 bits per heavy atom. The van der Waals surface area contributed by atoms with Crippen LogP contribution in [-0.4, -0.2) is 50.0 Å². The van der Waals surface area contributed by atoms with Gasteiger partial charge < -0.3 is 15.7 Å². The molecule has 1 unspecified atom stereocenters. The first-order valence-electron chi connectivity index (χ1n) is 6.61. The molecule has 0 bridgehead atoms. The molecule has 8 nitrogen and oxygen atoms in total. The fourth-order valence-electron chi connectivity index (χ4n) is 2.45. The van der Waals surface area contributed by atoms with E-state index in [2.05, 4.69) is 10.3 Å². The van der Waals surface area contributed by atoms with Gasteiger partial charge in [0, 0.05) is 19.6 Å². The van der Waals surface area contributed by atoms with E-state index in [4.69, 9.17) is 5.73 Å². The van der Waals surface area contributed by atoms with Crippen LogP contribution in [0.15, 0.2) is 6.20 Å². The Morgan fingerprint density at radius 3 is 2.80 bits per heavy atom. The number of rotatable bonds is 5. The first-order chi connectivity index (χ1) is 9.50. The van der Waals surface area contributed by atoms with Crippen LogP contribution in [0.5, 0.6) is 0 Å². The molecule has 110 valence electrons. The fourth-order valence-corrected chi connectivity index (χ4v) is 2.45. The van der Waals surface area contributed by atoms with Crippen LogP contribution in [0.1, 0.15) is 25.5 Å². The molecule has 0 aromatic carbocycles. The lowest BCUT2D eigenvalue weighted by molar-refractivity contribution is -0.148. The third kappa shape index (κ3) is 2.64. The molecule has 3 N–H and O–H groups in total. The summed E-state index contributed by atoms with van der Waals surface area (Å²) in [4.78, 5) is 25.1. The van der Waals surface area contributed by atoms with Gasteiger partial charge in [-0.2, -0.15) is 0 Å². The number of amides is 1. The molecule has 1 atom stereocenters. The molecule has 1 aromatic heterocycles. The molecule has 20 heavy (non-hydrogen) atoms. The molecule has 1 saturated heterocycles. The summed E-state index contributed by atoms with van der Waals surface area (Å²) >= 11 is 0. The zero-order valence-electron chi connectivity index (χ0n) is 11.4. The van der Waals surface area contributed by atoms with Crippen LogP contribution < -0.4 is 5.73 Å². The molecule has 1 fully saturated rings. The average Bonchev–Trinajstić information content (AvgIpc) is 3.05. The molecular formula is C12H19N5O3. The smallest absolute Gasteiger partial charge is 0.311 e. The number of hydrogen-bond donors (Lipinski definition) is 2. The minimum absolute atomic E-state index is 0.0619. The van der Waals surface area contributed by atoms with Crippen molar-refractivity contribution in [1.29, 1.82) is 0 Å². The molecule has 0 radical (unpaired) electrons. The van der Waals surface area contributed by atoms with Gasteiger partial charge in [-0.15, -0.1) is 5.10 Å². The number of aromatic nitrogens is 3. The number of nitrogens with two attached hydrogens (primary N) is 1. The highest BCUT2D eigenvalue weighted by atomic mass is 16.4. The van der Waals surface area contributed by atoms with Crippen molar-refractivity contribution in [1.82, 2.24) is 19.9 Å². The van der Waals surface area contributed by atoms with E-state index in [9.17, 15) is 14.7 Å². The maximum Gasteiger partial charge on any atom is 0.311 e. The summed E-state index contributed by atoms with van der Waals surface area (Å²) in [6.07, 6.45) is 2.64. The second-order valence-corrected chi connectivity index (χ2v) is 5.12. The molecular weight excluding hydrogens is 262 g/mol. The van der Waals surface area contributed by atoms with Crippen molar-refractivity contribution in [3.8, 4) is 0 Å². The molecule has 1 aliphatic rings. The first kappa shape index (κ1) is 14.4. The fraction of sp³-hybridized carbons (Fsp3) is 0.667. The summed E-state index contributed by atoms with van der Waals surface area (Å²) < 4.78 is 1.43. The van der Waals surface area contributed by atoms with E-state index in [0.717, 1.165) is 0 Å². The van der Waals surface area contributed by atoms with Gasteiger partial charge in [-0.25, -0.2) is 4.68 Å². The van der Waals surface area contributed by atoms with Crippen LogP contribution in [0.4, 0.5) is 0 Å². The summed E-state index contributed by atoms with van der Waals surface area (Å²) in [5.41, 5.74) is 5.24. The number of carbonyl (C=O) groups excluding carboxylic acids is 1. The third-order valence-electron chi connectivity index (χ3n) is 3.93. The Labute approximate surface area is 116 Å². The second-order valence-electron chi connectivity index (χ2n) is 5.12. The van der Waals surface area contributed by atoms with Crippen LogP contribution in [0, 0.1) is 5.41 Å². The van der Waals surface area contributed by atoms with Crippen molar-refractivity contribution >= 4 is 11.9 Å². The Hall–Kier alpha value is -1.96. The van der Waals surface area contributed by atoms with Crippen molar-refractivity contribution in [2.24, 2.45) is 11.1 Å². The predicted octanol–water partition coefficient (Wildman–Crippen LogP) is -0.550. The number of hydrogen-bond acceptors (Lipinski definition) is 5. The Morgan fingerprint density at radius 2 is 2.30 bits per heavy atom. The molecule has 0 saturated carbocycles. The van der Waals surface area contributed by atoms with Gasteiger partial charge in [-0.3, -0.25) is 9.59 Å². The molecule has 8 heteroatoms. The molecule has 0 aliphatic carbocycles. The highest BCUT2D eigenvalue weighted by molar-refractivity contribution is 5.80. The third-order valence-corrected chi connectivity index (χ3v) is 3.93. The minimum Gasteiger partial charge on any atom is -0.481 e. The van der Waals surface area contributed by atoms with Gasteiger partial charge in [0.1, 0.15) is 6.54 Å². The molecule has 2 rings (SSSR count). The van der Waals surface area contributed by atoms with E-state index in [-0.39, 0.29) is 25.5 Å². The topological polar surface area (TPSA) is 114 Å². The predicted molar refractivity (Wildman–Crippen MR) is 69.5 cm³/mol. The van der Waals surface area contributed by atoms with E-state index in [1.165, 1.54) is 4.68 Å². The lowest BCUT2D eigenvalue weighted by Gasteiger charge is -2.23. The lowest BCUT2D eigenvalue weighted by atomic mass is 9.84. The van der Waals surface area contributed by atoms with Crippen LogP contribution in [0.25, 0.3) is 0 Å². The number of likely N-dealkylation sites (tertiary alicyclic amines) is 1. The molecule has 0 spiro atoms. The van der Waals surface area contributed by atoms with Gasteiger partial charge in [0.2, 0.25) is 5.91 Å². The highest BCUT2D eigenvalue weighted by Gasteiger charge is 2.44. The minimum atomic E-state index is -0.832. The second kappa shape index (κ2) is 5.58. The number of carbonyl (C=O) groups is 2. The van der Waals surface area contributed by atoms with Gasteiger partial charge in [0.15, 0.2) is 0 Å². The Balaban J connectivity index is 1.99. The quantitative estimate of drug-likeness (QED) is 0.748. The summed E-state index contributed by atoms with van der Waals surface area (Å²) in [5.74, 6) is -0.975. The first-order valence-corrected chi connectivity index (χ1v) is 6.61. The summed E-state index contributed by atoms with van der Waals surface area (Å²) in [6, 6.07) is 0. The van der Waals surface area contributed by atoms with Gasteiger partial charge in [0.25, 0.3) is 0 Å². The molecule has 1 aliphatic heterocycles. The number of carboxylic acids is 1. The van der Waals surface area contributed by atoms with Crippen LogP contribution >= 0.6 is 0 Å². The van der Waals surface area contributed by atoms with Crippen LogP contribution in [-0.2, 0) is 22.7 Å². The number of carboxylic acid groups (broad SMARTS) is 1. The van der Waals surface area contributed by atoms with E-state index >= 15 is 0 Å². The summed E-state index contributed by atoms with van der Waals surface area (Å²) in [5, 5.41) is 16.9. The maximum absolute atomic E-state index is 12.2. The maximum atomic E-state index is 12.2. The van der Waals surface area contributed by atoms with E-state index in [1.54, 1.807) is 11.1 Å². The highest BCUT2D eigenvalue weighted by Crippen LogP contribution is 2.34. The SMILES string of the molecule is CCC1(C(=O)O)CCN(C(=O)Cn2cc(CN)nn2)C1. The Kier molecular flexibility index (Phi) is 4.03. The number of aliphatic carboxylic acids is 1. The lowest BCUT2D eigenvalue weighted by Crippen LogP contribution is -2.37. The molecule has 2 heterocycles. The van der Waals surface area contributed by atoms with Crippen LogP contribution in [0.3, 0.4) is 0 Å². The van der Waals surface area contributed by atoms with Gasteiger partial charge in [-0.05, 0) is 12.8 Å². The van der Waals surface area contributed by atoms with Crippen molar-refractivity contribution in [3.05, 3.63) is 11.9 Å². The van der Waals surface area contributed by atoms with Gasteiger partial charge in [-0.1, -0.05) is 12.1 Å².